The van der Waals surface area contributed by atoms with Crippen LogP contribution in [0.3, 0.4) is 0 Å². The number of aliphatic hydroxyl groups is 2. The van der Waals surface area contributed by atoms with E-state index < -0.39 is 30.6 Å². The fourth-order valence-corrected chi connectivity index (χ4v) is 1.15. The number of esters is 2. The van der Waals surface area contributed by atoms with Crippen LogP contribution in [0.2, 0.25) is 0 Å². The molecule has 0 atom stereocenters. The van der Waals surface area contributed by atoms with Gasteiger partial charge >= 0.3 is 11.9 Å². The number of rotatable bonds is 8. The van der Waals surface area contributed by atoms with E-state index in [4.69, 9.17) is 9.47 Å². The van der Waals surface area contributed by atoms with Crippen LogP contribution in [0.25, 0.3) is 0 Å². The Labute approximate surface area is 113 Å². The van der Waals surface area contributed by atoms with Gasteiger partial charge in [-0.1, -0.05) is 27.7 Å². The minimum atomic E-state index is -2.04. The Morgan fingerprint density at radius 1 is 0.895 bits per heavy atom. The minimum Gasteiger partial charge on any atom is -0.464 e. The zero-order chi connectivity index (χ0) is 15.1. The molecule has 0 fully saturated rings. The first-order valence-electron chi connectivity index (χ1n) is 6.36. The summed E-state index contributed by atoms with van der Waals surface area (Å²) in [6, 6.07) is 0. The Balaban J connectivity index is 4.81. The average molecular weight is 276 g/mol. The highest BCUT2D eigenvalue weighted by Gasteiger charge is 2.48. The van der Waals surface area contributed by atoms with Crippen LogP contribution < -0.4 is 0 Å². The first-order chi connectivity index (χ1) is 8.80. The Hall–Kier alpha value is -1.14. The van der Waals surface area contributed by atoms with Crippen molar-refractivity contribution in [2.24, 2.45) is 17.3 Å². The zero-order valence-corrected chi connectivity index (χ0v) is 12.0. The van der Waals surface area contributed by atoms with Crippen molar-refractivity contribution in [1.29, 1.82) is 0 Å². The SMILES string of the molecule is CC(C)COC(=O)C(CO)(CO)C(=O)OCC(C)C. The number of aliphatic hydroxyl groups excluding tert-OH is 2. The molecule has 0 spiro atoms. The lowest BCUT2D eigenvalue weighted by molar-refractivity contribution is -0.180. The van der Waals surface area contributed by atoms with Crippen molar-refractivity contribution in [1.82, 2.24) is 0 Å². The Kier molecular flexibility index (Phi) is 7.63. The molecule has 0 amide bonds. The lowest BCUT2D eigenvalue weighted by atomic mass is 9.90. The fourth-order valence-electron chi connectivity index (χ4n) is 1.15. The van der Waals surface area contributed by atoms with E-state index in [2.05, 4.69) is 0 Å². The first-order valence-corrected chi connectivity index (χ1v) is 6.36. The number of hydrogen-bond donors (Lipinski definition) is 2. The Morgan fingerprint density at radius 2 is 1.21 bits per heavy atom. The van der Waals surface area contributed by atoms with Crippen molar-refractivity contribution in [2.45, 2.75) is 27.7 Å². The number of hydrogen-bond acceptors (Lipinski definition) is 6. The second kappa shape index (κ2) is 8.12. The van der Waals surface area contributed by atoms with E-state index in [-0.39, 0.29) is 25.0 Å². The maximum absolute atomic E-state index is 11.9. The van der Waals surface area contributed by atoms with E-state index in [1.165, 1.54) is 0 Å². The van der Waals surface area contributed by atoms with Gasteiger partial charge in [-0.25, -0.2) is 0 Å². The molecule has 6 nitrogen and oxygen atoms in total. The van der Waals surface area contributed by atoms with Crippen LogP contribution in [0.15, 0.2) is 0 Å². The molecular weight excluding hydrogens is 252 g/mol. The quantitative estimate of drug-likeness (QED) is 0.491. The van der Waals surface area contributed by atoms with Crippen LogP contribution in [-0.2, 0) is 19.1 Å². The van der Waals surface area contributed by atoms with E-state index in [1.54, 1.807) is 0 Å². The van der Waals surface area contributed by atoms with Crippen molar-refractivity contribution in [3.05, 3.63) is 0 Å². The third-order valence-electron chi connectivity index (χ3n) is 2.42. The van der Waals surface area contributed by atoms with Crippen molar-refractivity contribution in [3.8, 4) is 0 Å². The van der Waals surface area contributed by atoms with Crippen LogP contribution in [0.4, 0.5) is 0 Å². The molecule has 0 saturated carbocycles. The Bertz CT molecular complexity index is 268. The summed E-state index contributed by atoms with van der Waals surface area (Å²) in [5.41, 5.74) is -2.04. The summed E-state index contributed by atoms with van der Waals surface area (Å²) in [5, 5.41) is 18.6. The summed E-state index contributed by atoms with van der Waals surface area (Å²) in [6.07, 6.45) is 0. The summed E-state index contributed by atoms with van der Waals surface area (Å²) < 4.78 is 9.84. The molecule has 0 heterocycles. The van der Waals surface area contributed by atoms with Gasteiger partial charge < -0.3 is 19.7 Å². The fraction of sp³-hybridized carbons (Fsp3) is 0.846. The molecule has 0 radical (unpaired) electrons. The molecule has 19 heavy (non-hydrogen) atoms. The molecule has 0 rings (SSSR count). The number of ether oxygens (including phenoxy) is 2. The topological polar surface area (TPSA) is 93.1 Å². The molecule has 0 unspecified atom stereocenters. The van der Waals surface area contributed by atoms with Gasteiger partial charge in [-0.05, 0) is 11.8 Å². The van der Waals surface area contributed by atoms with Gasteiger partial charge in [0.05, 0.1) is 26.4 Å². The first kappa shape index (κ1) is 17.9. The summed E-state index contributed by atoms with van der Waals surface area (Å²) in [4.78, 5) is 23.7. The van der Waals surface area contributed by atoms with E-state index >= 15 is 0 Å². The van der Waals surface area contributed by atoms with Crippen molar-refractivity contribution in [2.75, 3.05) is 26.4 Å². The van der Waals surface area contributed by atoms with E-state index in [9.17, 15) is 19.8 Å². The van der Waals surface area contributed by atoms with E-state index in [0.29, 0.717) is 0 Å². The predicted molar refractivity (Wildman–Crippen MR) is 68.2 cm³/mol. The van der Waals surface area contributed by atoms with Gasteiger partial charge in [0.2, 0.25) is 5.41 Å². The van der Waals surface area contributed by atoms with Crippen LogP contribution in [0.5, 0.6) is 0 Å². The standard InChI is InChI=1S/C13H24O6/c1-9(2)5-18-11(16)13(7-14,8-15)12(17)19-6-10(3)4/h9-10,14-15H,5-8H2,1-4H3. The lowest BCUT2D eigenvalue weighted by Gasteiger charge is -2.26. The highest BCUT2D eigenvalue weighted by atomic mass is 16.6. The highest BCUT2D eigenvalue weighted by Crippen LogP contribution is 2.21. The van der Waals surface area contributed by atoms with Gasteiger partial charge in [-0.15, -0.1) is 0 Å². The number of carbonyl (C=O) groups excluding carboxylic acids is 2. The van der Waals surface area contributed by atoms with Crippen molar-refractivity contribution in [3.63, 3.8) is 0 Å². The van der Waals surface area contributed by atoms with Gasteiger partial charge in [0.1, 0.15) is 0 Å². The second-order valence-corrected chi connectivity index (χ2v) is 5.38. The summed E-state index contributed by atoms with van der Waals surface area (Å²) in [7, 11) is 0. The second-order valence-electron chi connectivity index (χ2n) is 5.38. The lowest BCUT2D eigenvalue weighted by Crippen LogP contribution is -2.48. The molecule has 112 valence electrons. The summed E-state index contributed by atoms with van der Waals surface area (Å²) in [6.45, 7) is 5.87. The largest absolute Gasteiger partial charge is 0.464 e. The van der Waals surface area contributed by atoms with Gasteiger partial charge in [-0.3, -0.25) is 9.59 Å². The van der Waals surface area contributed by atoms with Gasteiger partial charge in [0.25, 0.3) is 0 Å². The summed E-state index contributed by atoms with van der Waals surface area (Å²) in [5.74, 6) is -1.74. The molecule has 0 aromatic carbocycles. The van der Waals surface area contributed by atoms with E-state index in [0.717, 1.165) is 0 Å². The molecule has 0 saturated heterocycles. The summed E-state index contributed by atoms with van der Waals surface area (Å²) >= 11 is 0. The molecule has 0 aliphatic heterocycles. The van der Waals surface area contributed by atoms with Gasteiger partial charge in [0, 0.05) is 0 Å². The maximum atomic E-state index is 11.9. The molecule has 6 heteroatoms. The van der Waals surface area contributed by atoms with Crippen LogP contribution in [0.1, 0.15) is 27.7 Å². The molecular formula is C13H24O6. The third kappa shape index (κ3) is 5.16. The zero-order valence-electron chi connectivity index (χ0n) is 12.0. The Morgan fingerprint density at radius 3 is 1.42 bits per heavy atom. The molecule has 0 aromatic heterocycles. The maximum Gasteiger partial charge on any atom is 0.328 e. The third-order valence-corrected chi connectivity index (χ3v) is 2.42. The van der Waals surface area contributed by atoms with Crippen molar-refractivity contribution < 1.29 is 29.3 Å². The van der Waals surface area contributed by atoms with Gasteiger partial charge in [0.15, 0.2) is 0 Å². The molecule has 0 aromatic rings. The minimum absolute atomic E-state index is 0.0886. The van der Waals surface area contributed by atoms with Crippen LogP contribution in [0, 0.1) is 17.3 Å². The normalized spacial score (nSPS) is 11.8. The molecule has 2 N–H and O–H groups in total. The van der Waals surface area contributed by atoms with Crippen molar-refractivity contribution >= 4 is 11.9 Å². The monoisotopic (exact) mass is 276 g/mol. The van der Waals surface area contributed by atoms with E-state index in [1.807, 2.05) is 27.7 Å². The van der Waals surface area contributed by atoms with Crippen LogP contribution >= 0.6 is 0 Å². The molecule has 0 bridgehead atoms. The average Bonchev–Trinajstić information content (AvgIpc) is 2.35. The number of carbonyl (C=O) groups is 2. The molecule has 0 aliphatic carbocycles. The molecule has 0 aliphatic rings. The highest BCUT2D eigenvalue weighted by molar-refractivity contribution is 6.00. The smallest absolute Gasteiger partial charge is 0.328 e. The van der Waals surface area contributed by atoms with Gasteiger partial charge in [-0.2, -0.15) is 0 Å². The van der Waals surface area contributed by atoms with Crippen LogP contribution in [-0.4, -0.2) is 48.6 Å². The predicted octanol–water partition coefficient (Wildman–Crippen LogP) is 0.356.